The molecule has 0 bridgehead atoms. The van der Waals surface area contributed by atoms with Gasteiger partial charge in [-0.05, 0) is 32.6 Å². The summed E-state index contributed by atoms with van der Waals surface area (Å²) in [4.78, 5) is 23.2. The van der Waals surface area contributed by atoms with Gasteiger partial charge in [0.2, 0.25) is 11.8 Å². The van der Waals surface area contributed by atoms with E-state index in [1.165, 1.54) is 0 Å². The molecule has 0 aromatic carbocycles. The largest absolute Gasteiger partial charge is 0.396 e. The Hall–Kier alpha value is -2.00. The molecule has 154 valence electrons. The van der Waals surface area contributed by atoms with Gasteiger partial charge in [-0.15, -0.1) is 5.10 Å². The Labute approximate surface area is 160 Å². The van der Waals surface area contributed by atoms with E-state index >= 15 is 0 Å². The fraction of sp³-hybridized carbons (Fsp3) is 0.778. The molecule has 0 aliphatic heterocycles. The molecule has 0 fully saturated rings. The second-order valence-electron chi connectivity index (χ2n) is 7.55. The molecule has 27 heavy (non-hydrogen) atoms. The molecule has 2 amide bonds. The van der Waals surface area contributed by atoms with Gasteiger partial charge in [0.15, 0.2) is 0 Å². The molecule has 0 unspecified atom stereocenters. The Morgan fingerprint density at radius 1 is 1.30 bits per heavy atom. The molecule has 1 heterocycles. The van der Waals surface area contributed by atoms with E-state index in [4.69, 9.17) is 9.84 Å². The minimum absolute atomic E-state index is 0.0226. The van der Waals surface area contributed by atoms with E-state index in [1.807, 2.05) is 13.8 Å². The molecule has 0 aliphatic rings. The summed E-state index contributed by atoms with van der Waals surface area (Å²) in [6.07, 6.45) is 3.62. The summed E-state index contributed by atoms with van der Waals surface area (Å²) < 4.78 is 7.19. The molecule has 1 rings (SSSR count). The molecule has 1 aromatic rings. The highest BCUT2D eigenvalue weighted by Crippen LogP contribution is 2.18. The van der Waals surface area contributed by atoms with Crippen molar-refractivity contribution in [1.82, 2.24) is 25.6 Å². The normalized spacial score (nSPS) is 11.6. The summed E-state index contributed by atoms with van der Waals surface area (Å²) in [6.45, 7) is 9.08. The predicted octanol–water partition coefficient (Wildman–Crippen LogP) is 0.581. The van der Waals surface area contributed by atoms with Crippen molar-refractivity contribution in [2.75, 3.05) is 26.3 Å². The topological polar surface area (TPSA) is 118 Å². The van der Waals surface area contributed by atoms with Crippen molar-refractivity contribution in [1.29, 1.82) is 0 Å². The fourth-order valence-corrected chi connectivity index (χ4v) is 2.24. The first kappa shape index (κ1) is 23.0. The van der Waals surface area contributed by atoms with E-state index in [0.29, 0.717) is 37.6 Å². The second kappa shape index (κ2) is 11.7. The number of aliphatic hydroxyl groups is 1. The third kappa shape index (κ3) is 9.48. The third-order valence-electron chi connectivity index (χ3n) is 4.10. The summed E-state index contributed by atoms with van der Waals surface area (Å²) in [6, 6.07) is 0. The first-order chi connectivity index (χ1) is 12.7. The number of carbonyl (C=O) groups is 2. The summed E-state index contributed by atoms with van der Waals surface area (Å²) in [5.74, 6) is 0.111. The number of amides is 2. The number of rotatable bonds is 13. The van der Waals surface area contributed by atoms with Crippen molar-refractivity contribution in [2.45, 2.75) is 59.1 Å². The van der Waals surface area contributed by atoms with Gasteiger partial charge in [-0.25, -0.2) is 4.68 Å². The number of nitrogens with zero attached hydrogens (tertiary/aromatic N) is 3. The van der Waals surface area contributed by atoms with Crippen molar-refractivity contribution in [2.24, 2.45) is 5.92 Å². The highest BCUT2D eigenvalue weighted by Gasteiger charge is 2.21. The lowest BCUT2D eigenvalue weighted by Crippen LogP contribution is -2.38. The van der Waals surface area contributed by atoms with Crippen molar-refractivity contribution in [3.63, 3.8) is 0 Å². The summed E-state index contributed by atoms with van der Waals surface area (Å²) in [5.41, 5.74) is 0.373. The van der Waals surface area contributed by atoms with Crippen LogP contribution in [0.2, 0.25) is 0 Å². The van der Waals surface area contributed by atoms with Crippen LogP contribution in [0, 0.1) is 5.92 Å². The highest BCUT2D eigenvalue weighted by atomic mass is 16.5. The standard InChI is InChI=1S/C18H33N5O4/c1-14(2)5-6-16(25)20-11-17(26)19-8-10-27-13-15-12-23(22-21-15)18(3,4)7-9-24/h12,14,24H,5-11,13H2,1-4H3,(H,19,26)(H,20,25). The number of carbonyl (C=O) groups excluding carboxylic acids is 2. The van der Waals surface area contributed by atoms with Crippen LogP contribution in [0.25, 0.3) is 0 Å². The van der Waals surface area contributed by atoms with Gasteiger partial charge in [-0.3, -0.25) is 9.59 Å². The van der Waals surface area contributed by atoms with Gasteiger partial charge >= 0.3 is 0 Å². The van der Waals surface area contributed by atoms with Gasteiger partial charge in [0.25, 0.3) is 0 Å². The van der Waals surface area contributed by atoms with Crippen molar-refractivity contribution >= 4 is 11.8 Å². The molecule has 0 saturated heterocycles. The average molecular weight is 383 g/mol. The molecule has 3 N–H and O–H groups in total. The molecule has 0 atom stereocenters. The molecule has 0 aliphatic carbocycles. The van der Waals surface area contributed by atoms with Crippen LogP contribution in [-0.2, 0) is 26.5 Å². The molecule has 0 radical (unpaired) electrons. The third-order valence-corrected chi connectivity index (χ3v) is 4.10. The van der Waals surface area contributed by atoms with E-state index < -0.39 is 0 Å². The average Bonchev–Trinajstić information content (AvgIpc) is 3.07. The molecular formula is C18H33N5O4. The smallest absolute Gasteiger partial charge is 0.239 e. The first-order valence-electron chi connectivity index (χ1n) is 9.38. The Bertz CT molecular complexity index is 586. The Morgan fingerprint density at radius 3 is 2.70 bits per heavy atom. The zero-order valence-corrected chi connectivity index (χ0v) is 16.8. The maximum atomic E-state index is 11.7. The van der Waals surface area contributed by atoms with Gasteiger partial charge in [-0.2, -0.15) is 0 Å². The van der Waals surface area contributed by atoms with E-state index in [-0.39, 0.29) is 37.1 Å². The van der Waals surface area contributed by atoms with Crippen molar-refractivity contribution in [3.05, 3.63) is 11.9 Å². The lowest BCUT2D eigenvalue weighted by Gasteiger charge is -2.23. The summed E-state index contributed by atoms with van der Waals surface area (Å²) in [5, 5.41) is 22.5. The van der Waals surface area contributed by atoms with Crippen LogP contribution in [0.5, 0.6) is 0 Å². The van der Waals surface area contributed by atoms with Crippen LogP contribution in [0.15, 0.2) is 6.20 Å². The summed E-state index contributed by atoms with van der Waals surface area (Å²) in [7, 11) is 0. The number of ether oxygens (including phenoxy) is 1. The minimum Gasteiger partial charge on any atom is -0.396 e. The SMILES string of the molecule is CC(C)CCC(=O)NCC(=O)NCCOCc1cn(C(C)(C)CCO)nn1. The molecule has 0 spiro atoms. The quantitative estimate of drug-likeness (QED) is 0.429. The first-order valence-corrected chi connectivity index (χ1v) is 9.38. The Morgan fingerprint density at radius 2 is 2.04 bits per heavy atom. The van der Waals surface area contributed by atoms with Crippen LogP contribution >= 0.6 is 0 Å². The zero-order chi connectivity index (χ0) is 20.3. The number of aromatic nitrogens is 3. The summed E-state index contributed by atoms with van der Waals surface area (Å²) >= 11 is 0. The van der Waals surface area contributed by atoms with Crippen LogP contribution in [0.1, 0.15) is 52.7 Å². The Balaban J connectivity index is 2.16. The van der Waals surface area contributed by atoms with Gasteiger partial charge in [-0.1, -0.05) is 19.1 Å². The number of nitrogens with one attached hydrogen (secondary N) is 2. The Kier molecular flexibility index (Phi) is 9.95. The number of hydrogen-bond donors (Lipinski definition) is 3. The monoisotopic (exact) mass is 383 g/mol. The maximum Gasteiger partial charge on any atom is 0.239 e. The number of aliphatic hydroxyl groups excluding tert-OH is 1. The van der Waals surface area contributed by atoms with E-state index in [1.54, 1.807) is 10.9 Å². The second-order valence-corrected chi connectivity index (χ2v) is 7.55. The van der Waals surface area contributed by atoms with Crippen LogP contribution < -0.4 is 10.6 Å². The van der Waals surface area contributed by atoms with Crippen LogP contribution in [0.3, 0.4) is 0 Å². The van der Waals surface area contributed by atoms with Crippen molar-refractivity contribution < 1.29 is 19.4 Å². The predicted molar refractivity (Wildman–Crippen MR) is 101 cm³/mol. The fourth-order valence-electron chi connectivity index (χ4n) is 2.24. The molecule has 1 aromatic heterocycles. The van der Waals surface area contributed by atoms with E-state index in [2.05, 4.69) is 34.8 Å². The van der Waals surface area contributed by atoms with E-state index in [9.17, 15) is 9.59 Å². The minimum atomic E-state index is -0.312. The van der Waals surface area contributed by atoms with Crippen LogP contribution in [0.4, 0.5) is 0 Å². The lowest BCUT2D eigenvalue weighted by atomic mass is 10.0. The van der Waals surface area contributed by atoms with Gasteiger partial charge in [0.05, 0.1) is 31.5 Å². The lowest BCUT2D eigenvalue weighted by molar-refractivity contribution is -0.126. The molecule has 9 heteroatoms. The van der Waals surface area contributed by atoms with Gasteiger partial charge in [0, 0.05) is 19.6 Å². The van der Waals surface area contributed by atoms with Gasteiger partial charge in [0.1, 0.15) is 5.69 Å². The zero-order valence-electron chi connectivity index (χ0n) is 16.8. The highest BCUT2D eigenvalue weighted by molar-refractivity contribution is 5.84. The van der Waals surface area contributed by atoms with Crippen LogP contribution in [-0.4, -0.2) is 58.2 Å². The molecular weight excluding hydrogens is 350 g/mol. The maximum absolute atomic E-state index is 11.7. The van der Waals surface area contributed by atoms with Crippen molar-refractivity contribution in [3.8, 4) is 0 Å². The van der Waals surface area contributed by atoms with Gasteiger partial charge < -0.3 is 20.5 Å². The molecule has 9 nitrogen and oxygen atoms in total. The molecule has 0 saturated carbocycles. The number of hydrogen-bond acceptors (Lipinski definition) is 6. The van der Waals surface area contributed by atoms with E-state index in [0.717, 1.165) is 6.42 Å².